The maximum absolute atomic E-state index is 11.3. The van der Waals surface area contributed by atoms with E-state index >= 15 is 0 Å². The minimum absolute atomic E-state index is 0.0611. The first-order valence-electron chi connectivity index (χ1n) is 6.65. The highest BCUT2D eigenvalue weighted by atomic mass is 32.2. The number of aliphatic hydroxyl groups is 1. The number of hydrogen-bond donors (Lipinski definition) is 3. The molecule has 0 amide bonds. The third kappa shape index (κ3) is 4.05. The van der Waals surface area contributed by atoms with Crippen LogP contribution in [0.15, 0.2) is 24.3 Å². The zero-order valence-electron chi connectivity index (χ0n) is 11.5. The van der Waals surface area contributed by atoms with Crippen molar-refractivity contribution >= 4 is 34.3 Å². The summed E-state index contributed by atoms with van der Waals surface area (Å²) in [6, 6.07) is 7.32. The zero-order chi connectivity index (χ0) is 15.1. The van der Waals surface area contributed by atoms with Crippen molar-refractivity contribution in [2.24, 2.45) is 0 Å². The minimum atomic E-state index is -1.09. The first-order chi connectivity index (χ1) is 10.2. The van der Waals surface area contributed by atoms with E-state index in [9.17, 15) is 9.90 Å². The second kappa shape index (κ2) is 7.80. The van der Waals surface area contributed by atoms with Crippen LogP contribution in [0.25, 0.3) is 10.9 Å². The van der Waals surface area contributed by atoms with E-state index in [-0.39, 0.29) is 12.3 Å². The molecule has 1 aromatic heterocycles. The summed E-state index contributed by atoms with van der Waals surface area (Å²) < 4.78 is 0. The van der Waals surface area contributed by atoms with E-state index in [1.807, 2.05) is 18.2 Å². The van der Waals surface area contributed by atoms with Crippen LogP contribution in [0, 0.1) is 0 Å². The lowest BCUT2D eigenvalue weighted by atomic mass is 10.1. The molecule has 0 fully saturated rings. The van der Waals surface area contributed by atoms with Gasteiger partial charge in [0.2, 0.25) is 0 Å². The Bertz CT molecular complexity index is 621. The van der Waals surface area contributed by atoms with Crippen LogP contribution >= 0.6 is 11.8 Å². The molecule has 2 aromatic rings. The average molecular weight is 307 g/mol. The van der Waals surface area contributed by atoms with Crippen molar-refractivity contribution in [2.75, 3.05) is 30.0 Å². The van der Waals surface area contributed by atoms with Crippen LogP contribution in [0.3, 0.4) is 0 Å². The van der Waals surface area contributed by atoms with Gasteiger partial charge in [-0.15, -0.1) is 10.2 Å². The number of aromatic nitrogens is 2. The van der Waals surface area contributed by atoms with Crippen molar-refractivity contribution in [2.45, 2.75) is 6.42 Å². The van der Waals surface area contributed by atoms with Gasteiger partial charge < -0.3 is 15.5 Å². The normalized spacial score (nSPS) is 10.7. The van der Waals surface area contributed by atoms with E-state index in [1.54, 1.807) is 17.8 Å². The fraction of sp³-hybridized carbons (Fsp3) is 0.357. The summed E-state index contributed by atoms with van der Waals surface area (Å²) in [7, 11) is 0. The van der Waals surface area contributed by atoms with Gasteiger partial charge in [0.15, 0.2) is 5.69 Å². The number of nitrogens with zero attached hydrogens (tertiary/aromatic N) is 2. The molecule has 0 atom stereocenters. The molecule has 0 bridgehead atoms. The number of carbonyl (C=O) groups is 1. The fourth-order valence-electron chi connectivity index (χ4n) is 1.90. The Kier molecular flexibility index (Phi) is 5.77. The van der Waals surface area contributed by atoms with Crippen molar-refractivity contribution in [3.05, 3.63) is 30.0 Å². The molecule has 112 valence electrons. The number of aromatic carboxylic acids is 1. The summed E-state index contributed by atoms with van der Waals surface area (Å²) >= 11 is 1.71. The van der Waals surface area contributed by atoms with Gasteiger partial charge in [0, 0.05) is 24.3 Å². The SMILES string of the molecule is O=C(O)c1nnc2ccccc2c1NCCSCCCO. The van der Waals surface area contributed by atoms with E-state index in [1.165, 1.54) is 0 Å². The molecule has 0 spiro atoms. The number of anilines is 1. The predicted octanol–water partition coefficient (Wildman–Crippen LogP) is 1.86. The first kappa shape index (κ1) is 15.5. The molecule has 0 aliphatic heterocycles. The summed E-state index contributed by atoms with van der Waals surface area (Å²) in [4.78, 5) is 11.3. The molecule has 0 radical (unpaired) electrons. The van der Waals surface area contributed by atoms with Gasteiger partial charge in [-0.25, -0.2) is 4.79 Å². The lowest BCUT2D eigenvalue weighted by Gasteiger charge is -2.11. The van der Waals surface area contributed by atoms with Crippen molar-refractivity contribution < 1.29 is 15.0 Å². The van der Waals surface area contributed by atoms with E-state index in [4.69, 9.17) is 5.11 Å². The summed E-state index contributed by atoms with van der Waals surface area (Å²) in [6.45, 7) is 0.828. The number of aliphatic hydroxyl groups excluding tert-OH is 1. The zero-order valence-corrected chi connectivity index (χ0v) is 12.3. The summed E-state index contributed by atoms with van der Waals surface area (Å²) in [5.41, 5.74) is 1.11. The Hall–Kier alpha value is -1.86. The van der Waals surface area contributed by atoms with Crippen molar-refractivity contribution in [1.29, 1.82) is 0 Å². The highest BCUT2D eigenvalue weighted by molar-refractivity contribution is 7.99. The monoisotopic (exact) mass is 307 g/mol. The number of carboxylic acids is 1. The van der Waals surface area contributed by atoms with Crippen LogP contribution in [0.5, 0.6) is 0 Å². The van der Waals surface area contributed by atoms with E-state index < -0.39 is 5.97 Å². The van der Waals surface area contributed by atoms with Crippen LogP contribution in [0.2, 0.25) is 0 Å². The number of nitrogens with one attached hydrogen (secondary N) is 1. The smallest absolute Gasteiger partial charge is 0.358 e. The van der Waals surface area contributed by atoms with Crippen molar-refractivity contribution in [3.63, 3.8) is 0 Å². The Morgan fingerprint density at radius 1 is 1.24 bits per heavy atom. The van der Waals surface area contributed by atoms with Gasteiger partial charge in [0.05, 0.1) is 11.2 Å². The topological polar surface area (TPSA) is 95.3 Å². The van der Waals surface area contributed by atoms with Crippen LogP contribution < -0.4 is 5.32 Å². The Morgan fingerprint density at radius 2 is 2.05 bits per heavy atom. The third-order valence-electron chi connectivity index (χ3n) is 2.87. The molecular formula is C14H17N3O3S. The molecule has 2 rings (SSSR count). The van der Waals surface area contributed by atoms with Crippen LogP contribution in [0.4, 0.5) is 5.69 Å². The number of benzene rings is 1. The lowest BCUT2D eigenvalue weighted by Crippen LogP contribution is -2.12. The number of rotatable bonds is 8. The van der Waals surface area contributed by atoms with Crippen LogP contribution in [0.1, 0.15) is 16.9 Å². The predicted molar refractivity (Wildman–Crippen MR) is 84.0 cm³/mol. The van der Waals surface area contributed by atoms with E-state index in [0.29, 0.717) is 17.7 Å². The number of fused-ring (bicyclic) bond motifs is 1. The number of carboxylic acid groups (broad SMARTS) is 1. The lowest BCUT2D eigenvalue weighted by molar-refractivity contribution is 0.0690. The Labute approximate surface area is 126 Å². The largest absolute Gasteiger partial charge is 0.476 e. The van der Waals surface area contributed by atoms with Crippen LogP contribution in [-0.2, 0) is 0 Å². The molecule has 0 saturated heterocycles. The number of thioether (sulfide) groups is 1. The Morgan fingerprint density at radius 3 is 2.81 bits per heavy atom. The second-order valence-corrected chi connectivity index (χ2v) is 5.59. The molecule has 3 N–H and O–H groups in total. The van der Waals surface area contributed by atoms with Gasteiger partial charge in [-0.05, 0) is 18.2 Å². The van der Waals surface area contributed by atoms with Crippen molar-refractivity contribution in [1.82, 2.24) is 10.2 Å². The van der Waals surface area contributed by atoms with Gasteiger partial charge in [-0.1, -0.05) is 18.2 Å². The molecule has 0 unspecified atom stereocenters. The Balaban J connectivity index is 2.12. The van der Waals surface area contributed by atoms with Gasteiger partial charge in [-0.3, -0.25) is 0 Å². The van der Waals surface area contributed by atoms with Crippen LogP contribution in [-0.4, -0.2) is 51.0 Å². The maximum Gasteiger partial charge on any atom is 0.358 e. The summed E-state index contributed by atoms with van der Waals surface area (Å²) in [5.74, 6) is 0.623. The van der Waals surface area contributed by atoms with E-state index in [2.05, 4.69) is 15.5 Å². The molecule has 21 heavy (non-hydrogen) atoms. The van der Waals surface area contributed by atoms with Gasteiger partial charge in [0.1, 0.15) is 0 Å². The first-order valence-corrected chi connectivity index (χ1v) is 7.80. The quantitative estimate of drug-likeness (QED) is 0.641. The van der Waals surface area contributed by atoms with Gasteiger partial charge >= 0.3 is 5.97 Å². The minimum Gasteiger partial charge on any atom is -0.476 e. The molecule has 0 aliphatic carbocycles. The summed E-state index contributed by atoms with van der Waals surface area (Å²) in [5, 5.41) is 29.5. The average Bonchev–Trinajstić information content (AvgIpc) is 2.50. The maximum atomic E-state index is 11.3. The molecule has 0 aliphatic rings. The molecule has 7 heteroatoms. The fourth-order valence-corrected chi connectivity index (χ4v) is 2.68. The second-order valence-electron chi connectivity index (χ2n) is 4.36. The molecule has 6 nitrogen and oxygen atoms in total. The summed E-state index contributed by atoms with van der Waals surface area (Å²) in [6.07, 6.45) is 0.769. The van der Waals surface area contributed by atoms with Gasteiger partial charge in [-0.2, -0.15) is 11.8 Å². The standard InChI is InChI=1S/C14H17N3O3S/c18-7-3-8-21-9-6-15-12-10-4-1-2-5-11(10)16-17-13(12)14(19)20/h1-2,4-5,18H,3,6-9H2,(H,15,16)(H,19,20). The molecule has 1 aromatic carbocycles. The third-order valence-corrected chi connectivity index (χ3v) is 3.94. The highest BCUT2D eigenvalue weighted by Gasteiger charge is 2.15. The molecular weight excluding hydrogens is 290 g/mol. The van der Waals surface area contributed by atoms with Crippen molar-refractivity contribution in [3.8, 4) is 0 Å². The molecule has 1 heterocycles. The molecule has 0 saturated carbocycles. The van der Waals surface area contributed by atoms with E-state index in [0.717, 1.165) is 23.3 Å². The van der Waals surface area contributed by atoms with Gasteiger partial charge in [0.25, 0.3) is 0 Å². The number of hydrogen-bond acceptors (Lipinski definition) is 6. The highest BCUT2D eigenvalue weighted by Crippen LogP contribution is 2.24.